The van der Waals surface area contributed by atoms with Gasteiger partial charge in [-0.1, -0.05) is 26.2 Å². The first-order valence-corrected chi connectivity index (χ1v) is 13.8. The normalized spacial score (nSPS) is 21.4. The maximum absolute atomic E-state index is 13.3. The highest BCUT2D eigenvalue weighted by Crippen LogP contribution is 2.23. The molecule has 1 aliphatic carbocycles. The summed E-state index contributed by atoms with van der Waals surface area (Å²) in [6.07, 6.45) is 7.02. The van der Waals surface area contributed by atoms with Crippen LogP contribution in [0.15, 0.2) is 48.5 Å². The predicted molar refractivity (Wildman–Crippen MR) is 144 cm³/mol. The lowest BCUT2D eigenvalue weighted by Gasteiger charge is -2.36. The van der Waals surface area contributed by atoms with Crippen LogP contribution in [-0.4, -0.2) is 54.4 Å². The zero-order valence-corrected chi connectivity index (χ0v) is 22.1. The van der Waals surface area contributed by atoms with Crippen LogP contribution in [0.3, 0.4) is 0 Å². The second-order valence-corrected chi connectivity index (χ2v) is 10.3. The van der Waals surface area contributed by atoms with Gasteiger partial charge in [-0.2, -0.15) is 0 Å². The van der Waals surface area contributed by atoms with Crippen LogP contribution in [0.5, 0.6) is 5.75 Å². The number of hydrogen-bond acceptors (Lipinski definition) is 4. The molecular formula is C30H38FN3O4. The molecule has 7 nitrogen and oxygen atoms in total. The number of carbonyl (C=O) groups excluding carboxylic acids is 3. The number of nitrogens with one attached hydrogen (secondary N) is 2. The molecule has 3 atom stereocenters. The van der Waals surface area contributed by atoms with Crippen LogP contribution in [0.2, 0.25) is 0 Å². The van der Waals surface area contributed by atoms with E-state index >= 15 is 0 Å². The first kappa shape index (κ1) is 27.6. The molecular weight excluding hydrogens is 485 g/mol. The van der Waals surface area contributed by atoms with Gasteiger partial charge >= 0.3 is 0 Å². The van der Waals surface area contributed by atoms with Gasteiger partial charge < -0.3 is 20.3 Å². The van der Waals surface area contributed by atoms with Gasteiger partial charge in [-0.15, -0.1) is 0 Å². The summed E-state index contributed by atoms with van der Waals surface area (Å²) in [4.78, 5) is 40.9. The summed E-state index contributed by atoms with van der Waals surface area (Å²) in [5.74, 6) is -0.357. The number of halogens is 1. The van der Waals surface area contributed by atoms with Crippen LogP contribution in [0.4, 0.5) is 4.39 Å². The van der Waals surface area contributed by atoms with Crippen molar-refractivity contribution in [3.05, 3.63) is 65.5 Å². The van der Waals surface area contributed by atoms with Crippen molar-refractivity contribution < 1.29 is 23.5 Å². The molecule has 204 valence electrons. The highest BCUT2D eigenvalue weighted by Gasteiger charge is 2.33. The van der Waals surface area contributed by atoms with Gasteiger partial charge in [0.2, 0.25) is 5.91 Å². The Balaban J connectivity index is 1.32. The van der Waals surface area contributed by atoms with E-state index in [0.717, 1.165) is 57.1 Å². The lowest BCUT2D eigenvalue weighted by atomic mass is 9.88. The van der Waals surface area contributed by atoms with Crippen molar-refractivity contribution in [2.45, 2.75) is 70.4 Å². The van der Waals surface area contributed by atoms with E-state index in [2.05, 4.69) is 17.6 Å². The van der Waals surface area contributed by atoms with Crippen molar-refractivity contribution in [2.75, 3.05) is 19.7 Å². The molecule has 1 heterocycles. The molecule has 0 bridgehead atoms. The van der Waals surface area contributed by atoms with Crippen LogP contribution in [0.25, 0.3) is 0 Å². The smallest absolute Gasteiger partial charge is 0.253 e. The Morgan fingerprint density at radius 3 is 2.24 bits per heavy atom. The minimum atomic E-state index is -0.391. The number of rotatable bonds is 9. The maximum Gasteiger partial charge on any atom is 0.253 e. The molecule has 1 aliphatic heterocycles. The van der Waals surface area contributed by atoms with E-state index in [1.165, 1.54) is 24.3 Å². The fraction of sp³-hybridized carbons (Fsp3) is 0.500. The summed E-state index contributed by atoms with van der Waals surface area (Å²) in [5, 5.41) is 6.20. The van der Waals surface area contributed by atoms with Crippen molar-refractivity contribution in [1.29, 1.82) is 0 Å². The molecule has 0 aromatic heterocycles. The molecule has 4 rings (SSSR count). The van der Waals surface area contributed by atoms with Gasteiger partial charge in [0, 0.05) is 36.3 Å². The fourth-order valence-corrected chi connectivity index (χ4v) is 5.22. The average Bonchev–Trinajstić information content (AvgIpc) is 2.94. The fourth-order valence-electron chi connectivity index (χ4n) is 5.22. The number of hydrogen-bond donors (Lipinski definition) is 2. The quantitative estimate of drug-likeness (QED) is 0.466. The van der Waals surface area contributed by atoms with Crippen LogP contribution < -0.4 is 15.4 Å². The summed E-state index contributed by atoms with van der Waals surface area (Å²) in [6, 6.07) is 12.3. The zero-order chi connectivity index (χ0) is 26.9. The molecule has 3 amide bonds. The Hall–Kier alpha value is -3.42. The highest BCUT2D eigenvalue weighted by atomic mass is 19.1. The van der Waals surface area contributed by atoms with Crippen LogP contribution >= 0.6 is 0 Å². The van der Waals surface area contributed by atoms with Crippen molar-refractivity contribution in [2.24, 2.45) is 5.92 Å². The third-order valence-corrected chi connectivity index (χ3v) is 7.46. The molecule has 2 aromatic carbocycles. The minimum absolute atomic E-state index is 0.0740. The lowest BCUT2D eigenvalue weighted by Crippen LogP contribution is -2.55. The Morgan fingerprint density at radius 2 is 1.55 bits per heavy atom. The lowest BCUT2D eigenvalue weighted by molar-refractivity contribution is -0.127. The molecule has 2 aliphatic rings. The third kappa shape index (κ3) is 7.33. The van der Waals surface area contributed by atoms with E-state index in [1.54, 1.807) is 17.0 Å². The van der Waals surface area contributed by atoms with Gasteiger partial charge in [-0.05, 0) is 80.6 Å². The summed E-state index contributed by atoms with van der Waals surface area (Å²) < 4.78 is 18.9. The van der Waals surface area contributed by atoms with Crippen molar-refractivity contribution >= 4 is 17.7 Å². The van der Waals surface area contributed by atoms with Crippen LogP contribution in [-0.2, 0) is 4.79 Å². The summed E-state index contributed by atoms with van der Waals surface area (Å²) in [6.45, 7) is 3.76. The maximum atomic E-state index is 13.3. The molecule has 2 fully saturated rings. The average molecular weight is 524 g/mol. The van der Waals surface area contributed by atoms with Crippen molar-refractivity contribution in [3.8, 4) is 5.75 Å². The Bertz CT molecular complexity index is 1090. The molecule has 38 heavy (non-hydrogen) atoms. The van der Waals surface area contributed by atoms with Crippen LogP contribution in [0.1, 0.15) is 79.0 Å². The molecule has 2 N–H and O–H groups in total. The van der Waals surface area contributed by atoms with E-state index in [1.807, 2.05) is 12.1 Å². The SMILES string of the molecule is CCCCOc1ccc(C(=O)N2CCC[C@H](C(=O)N[C@@H]3CCCC[C@H]3NC(=O)c3ccc(F)cc3)C2)cc1. The van der Waals surface area contributed by atoms with E-state index < -0.39 is 5.82 Å². The van der Waals surface area contributed by atoms with Crippen molar-refractivity contribution in [1.82, 2.24) is 15.5 Å². The highest BCUT2D eigenvalue weighted by molar-refractivity contribution is 5.95. The topological polar surface area (TPSA) is 87.7 Å². The number of nitrogens with zero attached hydrogens (tertiary/aromatic N) is 1. The number of piperidine rings is 1. The number of benzene rings is 2. The second-order valence-electron chi connectivity index (χ2n) is 10.3. The molecule has 0 radical (unpaired) electrons. The second kappa shape index (κ2) is 13.4. The number of amides is 3. The molecule has 8 heteroatoms. The summed E-state index contributed by atoms with van der Waals surface area (Å²) >= 11 is 0. The largest absolute Gasteiger partial charge is 0.494 e. The molecule has 2 aromatic rings. The van der Waals surface area contributed by atoms with E-state index in [0.29, 0.717) is 30.8 Å². The minimum Gasteiger partial charge on any atom is -0.494 e. The Labute approximate surface area is 224 Å². The summed E-state index contributed by atoms with van der Waals surface area (Å²) in [5.41, 5.74) is 0.980. The first-order chi connectivity index (χ1) is 18.4. The number of likely N-dealkylation sites (tertiary alicyclic amines) is 1. The van der Waals surface area contributed by atoms with E-state index in [9.17, 15) is 18.8 Å². The predicted octanol–water partition coefficient (Wildman–Crippen LogP) is 4.71. The van der Waals surface area contributed by atoms with Crippen LogP contribution in [0, 0.1) is 11.7 Å². The molecule has 0 spiro atoms. The Morgan fingerprint density at radius 1 is 0.895 bits per heavy atom. The first-order valence-electron chi connectivity index (χ1n) is 13.8. The van der Waals surface area contributed by atoms with Gasteiger partial charge in [0.1, 0.15) is 11.6 Å². The van der Waals surface area contributed by atoms with Gasteiger partial charge in [0.05, 0.1) is 12.5 Å². The summed E-state index contributed by atoms with van der Waals surface area (Å²) in [7, 11) is 0. The van der Waals surface area contributed by atoms with Crippen molar-refractivity contribution in [3.63, 3.8) is 0 Å². The third-order valence-electron chi connectivity index (χ3n) is 7.46. The van der Waals surface area contributed by atoms with Gasteiger partial charge in [-0.3, -0.25) is 14.4 Å². The number of carbonyl (C=O) groups is 3. The van der Waals surface area contributed by atoms with Gasteiger partial charge in [-0.25, -0.2) is 4.39 Å². The zero-order valence-electron chi connectivity index (χ0n) is 22.1. The van der Waals surface area contributed by atoms with Gasteiger partial charge in [0.15, 0.2) is 0 Å². The molecule has 1 saturated carbocycles. The monoisotopic (exact) mass is 523 g/mol. The van der Waals surface area contributed by atoms with E-state index in [-0.39, 0.29) is 35.7 Å². The number of ether oxygens (including phenoxy) is 1. The standard InChI is InChI=1S/C30H38FN3O4/c1-2-3-19-38-25-16-12-22(13-17-25)30(37)34-18-6-7-23(20-34)29(36)33-27-9-5-4-8-26(27)32-28(35)21-10-14-24(31)15-11-21/h10-17,23,26-27H,2-9,18-20H2,1H3,(H,32,35)(H,33,36)/t23-,26+,27+/m0/s1. The molecule has 0 unspecified atom stereocenters. The van der Waals surface area contributed by atoms with E-state index in [4.69, 9.17) is 4.74 Å². The van der Waals surface area contributed by atoms with Gasteiger partial charge in [0.25, 0.3) is 11.8 Å². The molecule has 1 saturated heterocycles. The Kier molecular flexibility index (Phi) is 9.73. The number of unbranched alkanes of at least 4 members (excludes halogenated alkanes) is 1.